The summed E-state index contributed by atoms with van der Waals surface area (Å²) >= 11 is 5.78. The summed E-state index contributed by atoms with van der Waals surface area (Å²) in [5.74, 6) is 0.468. The van der Waals surface area contributed by atoms with E-state index in [4.69, 9.17) is 22.1 Å². The second kappa shape index (κ2) is 7.69. The van der Waals surface area contributed by atoms with Gasteiger partial charge in [0, 0.05) is 17.3 Å². The van der Waals surface area contributed by atoms with Gasteiger partial charge in [0.25, 0.3) is 0 Å². The van der Waals surface area contributed by atoms with Gasteiger partial charge in [0.05, 0.1) is 28.1 Å². The molecule has 3 nitrogen and oxygen atoms in total. The maximum absolute atomic E-state index is 11.9. The van der Waals surface area contributed by atoms with E-state index in [0.29, 0.717) is 28.0 Å². The summed E-state index contributed by atoms with van der Waals surface area (Å²) in [5, 5.41) is 0.558. The van der Waals surface area contributed by atoms with Crippen LogP contribution in [0.1, 0.15) is 19.8 Å². The van der Waals surface area contributed by atoms with Crippen LogP contribution < -0.4 is 5.73 Å². The lowest BCUT2D eigenvalue weighted by atomic mass is 10.3. The zero-order chi connectivity index (χ0) is 12.7. The van der Waals surface area contributed by atoms with Gasteiger partial charge >= 0.3 is 0 Å². The molecule has 1 aromatic carbocycles. The van der Waals surface area contributed by atoms with Crippen molar-refractivity contribution >= 4 is 28.1 Å². The number of hydrogen-bond acceptors (Lipinski definition) is 3. The predicted octanol–water partition coefficient (Wildman–Crippen LogP) is 2.85. The molecule has 0 fully saturated rings. The van der Waals surface area contributed by atoms with Crippen LogP contribution in [0, 0.1) is 0 Å². The van der Waals surface area contributed by atoms with E-state index in [-0.39, 0.29) is 0 Å². The smallest absolute Gasteiger partial charge is 0.0619 e. The van der Waals surface area contributed by atoms with Crippen LogP contribution in [-0.4, -0.2) is 23.2 Å². The second-order valence-electron chi connectivity index (χ2n) is 3.70. The molecule has 0 radical (unpaired) electrons. The Morgan fingerprint density at radius 2 is 2.18 bits per heavy atom. The zero-order valence-electron chi connectivity index (χ0n) is 9.95. The standard InChI is InChI=1S/C12H18ClNO2S/c1-2-3-6-16-7-8-17(15)12-5-4-10(13)9-11(12)14/h4-5,9H,2-3,6-8,14H2,1H3. The average Bonchev–Trinajstić information content (AvgIpc) is 2.28. The van der Waals surface area contributed by atoms with Crippen LogP contribution >= 0.6 is 11.6 Å². The molecular formula is C12H18ClNO2S. The van der Waals surface area contributed by atoms with E-state index in [1.165, 1.54) is 0 Å². The van der Waals surface area contributed by atoms with Gasteiger partial charge in [-0.05, 0) is 24.6 Å². The number of unbranched alkanes of at least 4 members (excludes halogenated alkanes) is 1. The zero-order valence-corrected chi connectivity index (χ0v) is 11.5. The first-order valence-electron chi connectivity index (χ1n) is 5.66. The monoisotopic (exact) mass is 275 g/mol. The maximum atomic E-state index is 11.9. The van der Waals surface area contributed by atoms with Crippen molar-refractivity contribution in [2.24, 2.45) is 0 Å². The van der Waals surface area contributed by atoms with E-state index in [9.17, 15) is 4.21 Å². The highest BCUT2D eigenvalue weighted by molar-refractivity contribution is 7.85. The molecule has 0 aromatic heterocycles. The van der Waals surface area contributed by atoms with Crippen LogP contribution in [0.2, 0.25) is 5.02 Å². The van der Waals surface area contributed by atoms with Crippen LogP contribution in [0.3, 0.4) is 0 Å². The summed E-state index contributed by atoms with van der Waals surface area (Å²) in [4.78, 5) is 0.633. The molecule has 0 aliphatic carbocycles. The number of halogens is 1. The minimum atomic E-state index is -1.12. The van der Waals surface area contributed by atoms with E-state index < -0.39 is 10.8 Å². The Morgan fingerprint density at radius 3 is 2.82 bits per heavy atom. The molecule has 0 bridgehead atoms. The number of nitrogen functional groups attached to an aromatic ring is 1. The fraction of sp³-hybridized carbons (Fsp3) is 0.500. The van der Waals surface area contributed by atoms with Crippen molar-refractivity contribution in [1.82, 2.24) is 0 Å². The molecular weight excluding hydrogens is 258 g/mol. The molecule has 2 N–H and O–H groups in total. The topological polar surface area (TPSA) is 52.3 Å². The number of nitrogens with two attached hydrogens (primary N) is 1. The quantitative estimate of drug-likeness (QED) is 0.615. The van der Waals surface area contributed by atoms with Crippen molar-refractivity contribution in [2.75, 3.05) is 24.7 Å². The van der Waals surface area contributed by atoms with Crippen LogP contribution in [0.4, 0.5) is 5.69 Å². The molecule has 1 unspecified atom stereocenters. The van der Waals surface area contributed by atoms with E-state index in [1.807, 2.05) is 0 Å². The van der Waals surface area contributed by atoms with Crippen molar-refractivity contribution in [3.63, 3.8) is 0 Å². The predicted molar refractivity (Wildman–Crippen MR) is 72.9 cm³/mol. The molecule has 0 heterocycles. The van der Waals surface area contributed by atoms with Crippen molar-refractivity contribution < 1.29 is 8.95 Å². The summed E-state index contributed by atoms with van der Waals surface area (Å²) in [6.45, 7) is 3.33. The second-order valence-corrected chi connectivity index (χ2v) is 5.67. The third kappa shape index (κ3) is 5.06. The minimum absolute atomic E-state index is 0.468. The van der Waals surface area contributed by atoms with Crippen LogP contribution in [-0.2, 0) is 15.5 Å². The average molecular weight is 276 g/mol. The van der Waals surface area contributed by atoms with Gasteiger partial charge in [0.2, 0.25) is 0 Å². The first kappa shape index (κ1) is 14.5. The number of rotatable bonds is 7. The summed E-state index contributed by atoms with van der Waals surface area (Å²) in [6, 6.07) is 5.02. The van der Waals surface area contributed by atoms with Gasteiger partial charge in [-0.2, -0.15) is 0 Å². The summed E-state index contributed by atoms with van der Waals surface area (Å²) in [6.07, 6.45) is 2.14. The summed E-state index contributed by atoms with van der Waals surface area (Å²) in [7, 11) is -1.12. The SMILES string of the molecule is CCCCOCCS(=O)c1ccc(Cl)cc1N. The fourth-order valence-electron chi connectivity index (χ4n) is 1.32. The van der Waals surface area contributed by atoms with E-state index in [2.05, 4.69) is 6.92 Å². The Hall–Kier alpha value is -0.580. The Morgan fingerprint density at radius 1 is 1.41 bits per heavy atom. The van der Waals surface area contributed by atoms with E-state index in [0.717, 1.165) is 19.4 Å². The van der Waals surface area contributed by atoms with Crippen molar-refractivity contribution in [3.8, 4) is 0 Å². The number of ether oxygens (including phenoxy) is 1. The molecule has 0 saturated heterocycles. The van der Waals surface area contributed by atoms with Gasteiger partial charge in [-0.3, -0.25) is 4.21 Å². The molecule has 0 saturated carbocycles. The lowest BCUT2D eigenvalue weighted by molar-refractivity contribution is 0.146. The van der Waals surface area contributed by atoms with Gasteiger partial charge in [-0.15, -0.1) is 0 Å². The summed E-state index contributed by atoms with van der Waals surface area (Å²) in [5.41, 5.74) is 6.23. The third-order valence-corrected chi connectivity index (χ3v) is 3.91. The molecule has 0 aliphatic heterocycles. The molecule has 1 rings (SSSR count). The van der Waals surface area contributed by atoms with E-state index >= 15 is 0 Å². The van der Waals surface area contributed by atoms with Crippen LogP contribution in [0.5, 0.6) is 0 Å². The van der Waals surface area contributed by atoms with Crippen molar-refractivity contribution in [2.45, 2.75) is 24.7 Å². The minimum Gasteiger partial charge on any atom is -0.398 e. The van der Waals surface area contributed by atoms with Gasteiger partial charge in [0.15, 0.2) is 0 Å². The molecule has 0 aliphatic rings. The van der Waals surface area contributed by atoms with E-state index in [1.54, 1.807) is 18.2 Å². The highest BCUT2D eigenvalue weighted by atomic mass is 35.5. The van der Waals surface area contributed by atoms with Crippen molar-refractivity contribution in [1.29, 1.82) is 0 Å². The first-order valence-corrected chi connectivity index (χ1v) is 7.36. The number of hydrogen-bond donors (Lipinski definition) is 1. The molecule has 96 valence electrons. The molecule has 5 heteroatoms. The summed E-state index contributed by atoms with van der Waals surface area (Å²) < 4.78 is 17.3. The Labute approximate surface area is 110 Å². The highest BCUT2D eigenvalue weighted by Gasteiger charge is 2.08. The van der Waals surface area contributed by atoms with Crippen molar-refractivity contribution in [3.05, 3.63) is 23.2 Å². The van der Waals surface area contributed by atoms with Crippen LogP contribution in [0.25, 0.3) is 0 Å². The van der Waals surface area contributed by atoms with Gasteiger partial charge < -0.3 is 10.5 Å². The largest absolute Gasteiger partial charge is 0.398 e. The lowest BCUT2D eigenvalue weighted by Crippen LogP contribution is -2.08. The number of benzene rings is 1. The lowest BCUT2D eigenvalue weighted by Gasteiger charge is -2.06. The molecule has 1 atom stereocenters. The Bertz CT molecular complexity index is 385. The number of anilines is 1. The van der Waals surface area contributed by atoms with Gasteiger partial charge in [-0.25, -0.2) is 0 Å². The Kier molecular flexibility index (Phi) is 6.55. The first-order chi connectivity index (χ1) is 8.15. The third-order valence-electron chi connectivity index (χ3n) is 2.27. The van der Waals surface area contributed by atoms with Crippen LogP contribution in [0.15, 0.2) is 23.1 Å². The fourth-order valence-corrected chi connectivity index (χ4v) is 2.53. The maximum Gasteiger partial charge on any atom is 0.0619 e. The molecule has 0 spiro atoms. The normalized spacial score (nSPS) is 12.6. The Balaban J connectivity index is 2.42. The molecule has 1 aromatic rings. The molecule has 0 amide bonds. The highest BCUT2D eigenvalue weighted by Crippen LogP contribution is 2.21. The van der Waals surface area contributed by atoms with Gasteiger partial charge in [-0.1, -0.05) is 24.9 Å². The van der Waals surface area contributed by atoms with Gasteiger partial charge in [0.1, 0.15) is 0 Å². The molecule has 17 heavy (non-hydrogen) atoms.